The molecule has 0 saturated heterocycles. The maximum absolute atomic E-state index is 11.7. The molecule has 0 aliphatic rings. The number of nitrogens with one attached hydrogen (secondary N) is 2. The minimum atomic E-state index is 0.0395. The SMILES string of the molecule is CNCCCC(=O)Nc1cccc(COCCOC)c1. The maximum atomic E-state index is 11.7. The number of hydrogen-bond acceptors (Lipinski definition) is 4. The Morgan fingerprint density at radius 3 is 2.90 bits per heavy atom. The Balaban J connectivity index is 2.36. The fraction of sp³-hybridized carbons (Fsp3) is 0.533. The molecule has 0 fully saturated rings. The molecule has 1 aromatic rings. The van der Waals surface area contributed by atoms with Crippen molar-refractivity contribution in [3.05, 3.63) is 29.8 Å². The van der Waals surface area contributed by atoms with Crippen LogP contribution >= 0.6 is 0 Å². The van der Waals surface area contributed by atoms with E-state index >= 15 is 0 Å². The minimum absolute atomic E-state index is 0.0395. The lowest BCUT2D eigenvalue weighted by molar-refractivity contribution is -0.116. The number of hydrogen-bond donors (Lipinski definition) is 2. The third-order valence-electron chi connectivity index (χ3n) is 2.74. The third kappa shape index (κ3) is 7.23. The minimum Gasteiger partial charge on any atom is -0.382 e. The lowest BCUT2D eigenvalue weighted by atomic mass is 10.2. The van der Waals surface area contributed by atoms with Gasteiger partial charge >= 0.3 is 0 Å². The van der Waals surface area contributed by atoms with Gasteiger partial charge in [0.05, 0.1) is 19.8 Å². The Kier molecular flexibility index (Phi) is 8.62. The van der Waals surface area contributed by atoms with Crippen LogP contribution in [-0.4, -0.2) is 39.8 Å². The van der Waals surface area contributed by atoms with Crippen molar-refractivity contribution in [2.75, 3.05) is 39.2 Å². The van der Waals surface area contributed by atoms with Gasteiger partial charge in [-0.25, -0.2) is 0 Å². The molecule has 2 N–H and O–H groups in total. The second-order valence-corrected chi connectivity index (χ2v) is 4.50. The topological polar surface area (TPSA) is 59.6 Å². The van der Waals surface area contributed by atoms with Gasteiger partial charge in [0.1, 0.15) is 0 Å². The van der Waals surface area contributed by atoms with Gasteiger partial charge < -0.3 is 20.1 Å². The standard InChI is InChI=1S/C15H24N2O3/c1-16-8-4-7-15(18)17-14-6-3-5-13(11-14)12-20-10-9-19-2/h3,5-6,11,16H,4,7-10,12H2,1-2H3,(H,17,18). The van der Waals surface area contributed by atoms with Gasteiger partial charge in [-0.15, -0.1) is 0 Å². The number of amides is 1. The van der Waals surface area contributed by atoms with Crippen molar-refractivity contribution >= 4 is 11.6 Å². The highest BCUT2D eigenvalue weighted by atomic mass is 16.5. The summed E-state index contributed by atoms with van der Waals surface area (Å²) in [7, 11) is 3.53. The largest absolute Gasteiger partial charge is 0.382 e. The molecule has 1 aromatic carbocycles. The van der Waals surface area contributed by atoms with Crippen LogP contribution in [0.4, 0.5) is 5.69 Å². The molecule has 0 aromatic heterocycles. The average molecular weight is 280 g/mol. The molecule has 0 unspecified atom stereocenters. The highest BCUT2D eigenvalue weighted by Crippen LogP contribution is 2.12. The summed E-state index contributed by atoms with van der Waals surface area (Å²) in [5, 5.41) is 5.92. The summed E-state index contributed by atoms with van der Waals surface area (Å²) >= 11 is 0. The van der Waals surface area contributed by atoms with Crippen LogP contribution in [0.2, 0.25) is 0 Å². The molecule has 20 heavy (non-hydrogen) atoms. The van der Waals surface area contributed by atoms with E-state index in [1.807, 2.05) is 31.3 Å². The van der Waals surface area contributed by atoms with Gasteiger partial charge in [0.2, 0.25) is 5.91 Å². The number of rotatable bonds is 10. The highest BCUT2D eigenvalue weighted by Gasteiger charge is 2.02. The van der Waals surface area contributed by atoms with E-state index in [1.54, 1.807) is 7.11 Å². The van der Waals surface area contributed by atoms with Gasteiger partial charge in [0.25, 0.3) is 0 Å². The van der Waals surface area contributed by atoms with Crippen LogP contribution < -0.4 is 10.6 Å². The summed E-state index contributed by atoms with van der Waals surface area (Å²) in [5.41, 5.74) is 1.85. The number of ether oxygens (including phenoxy) is 2. The molecule has 0 radical (unpaired) electrons. The number of carbonyl (C=O) groups is 1. The van der Waals surface area contributed by atoms with E-state index in [9.17, 15) is 4.79 Å². The van der Waals surface area contributed by atoms with Crippen molar-refractivity contribution in [3.8, 4) is 0 Å². The summed E-state index contributed by atoms with van der Waals surface area (Å²) in [6, 6.07) is 7.71. The van der Waals surface area contributed by atoms with Crippen molar-refractivity contribution in [3.63, 3.8) is 0 Å². The Morgan fingerprint density at radius 1 is 1.30 bits per heavy atom. The molecule has 0 spiro atoms. The Labute approximate surface area is 120 Å². The smallest absolute Gasteiger partial charge is 0.224 e. The fourth-order valence-corrected chi connectivity index (χ4v) is 1.72. The first-order chi connectivity index (χ1) is 9.76. The monoisotopic (exact) mass is 280 g/mol. The van der Waals surface area contributed by atoms with Crippen LogP contribution in [0.1, 0.15) is 18.4 Å². The van der Waals surface area contributed by atoms with Crippen molar-refractivity contribution in [1.29, 1.82) is 0 Å². The van der Waals surface area contributed by atoms with Gasteiger partial charge in [-0.05, 0) is 37.7 Å². The first-order valence-corrected chi connectivity index (χ1v) is 6.86. The van der Waals surface area contributed by atoms with Crippen LogP contribution in [0.25, 0.3) is 0 Å². The maximum Gasteiger partial charge on any atom is 0.224 e. The number of carbonyl (C=O) groups excluding carboxylic acids is 1. The Hall–Kier alpha value is -1.43. The summed E-state index contributed by atoms with van der Waals surface area (Å²) < 4.78 is 10.4. The predicted molar refractivity (Wildman–Crippen MR) is 79.8 cm³/mol. The van der Waals surface area contributed by atoms with Gasteiger partial charge in [-0.1, -0.05) is 12.1 Å². The Bertz CT molecular complexity index is 396. The molecule has 0 saturated carbocycles. The van der Waals surface area contributed by atoms with Crippen molar-refractivity contribution < 1.29 is 14.3 Å². The quantitative estimate of drug-likeness (QED) is 0.642. The predicted octanol–water partition coefficient (Wildman–Crippen LogP) is 1.79. The van der Waals surface area contributed by atoms with Gasteiger partial charge in [0, 0.05) is 19.2 Å². The van der Waals surface area contributed by atoms with E-state index in [0.29, 0.717) is 26.2 Å². The molecule has 5 heteroatoms. The van der Waals surface area contributed by atoms with Crippen molar-refractivity contribution in [1.82, 2.24) is 5.32 Å². The van der Waals surface area contributed by atoms with Crippen LogP contribution in [0, 0.1) is 0 Å². The van der Waals surface area contributed by atoms with Crippen LogP contribution in [0.5, 0.6) is 0 Å². The van der Waals surface area contributed by atoms with Gasteiger partial charge in [-0.3, -0.25) is 4.79 Å². The van der Waals surface area contributed by atoms with E-state index in [4.69, 9.17) is 9.47 Å². The first kappa shape index (κ1) is 16.6. The Morgan fingerprint density at radius 2 is 2.15 bits per heavy atom. The second kappa shape index (κ2) is 10.4. The summed E-state index contributed by atoms with van der Waals surface area (Å²) in [6.07, 6.45) is 1.36. The van der Waals surface area contributed by atoms with Crippen molar-refractivity contribution in [2.45, 2.75) is 19.4 Å². The van der Waals surface area contributed by atoms with E-state index in [-0.39, 0.29) is 5.91 Å². The normalized spacial score (nSPS) is 10.5. The molecule has 112 valence electrons. The molecule has 0 aliphatic carbocycles. The molecule has 5 nitrogen and oxygen atoms in total. The zero-order chi connectivity index (χ0) is 14.6. The van der Waals surface area contributed by atoms with Gasteiger partial charge in [-0.2, -0.15) is 0 Å². The lowest BCUT2D eigenvalue weighted by Crippen LogP contribution is -2.15. The summed E-state index contributed by atoms with van der Waals surface area (Å²) in [4.78, 5) is 11.7. The fourth-order valence-electron chi connectivity index (χ4n) is 1.72. The summed E-state index contributed by atoms with van der Waals surface area (Å²) in [5.74, 6) is 0.0395. The molecular weight excluding hydrogens is 256 g/mol. The number of anilines is 1. The molecule has 0 bridgehead atoms. The molecule has 0 heterocycles. The highest BCUT2D eigenvalue weighted by molar-refractivity contribution is 5.90. The molecule has 0 aliphatic heterocycles. The van der Waals surface area contributed by atoms with Crippen LogP contribution in [-0.2, 0) is 20.9 Å². The zero-order valence-electron chi connectivity index (χ0n) is 12.3. The third-order valence-corrected chi connectivity index (χ3v) is 2.74. The van der Waals surface area contributed by atoms with E-state index in [2.05, 4.69) is 10.6 Å². The van der Waals surface area contributed by atoms with E-state index in [0.717, 1.165) is 24.2 Å². The van der Waals surface area contributed by atoms with Crippen LogP contribution in [0.3, 0.4) is 0 Å². The molecular formula is C15H24N2O3. The molecule has 1 amide bonds. The molecule has 1 rings (SSSR count). The second-order valence-electron chi connectivity index (χ2n) is 4.50. The van der Waals surface area contributed by atoms with Crippen LogP contribution in [0.15, 0.2) is 24.3 Å². The lowest BCUT2D eigenvalue weighted by Gasteiger charge is -2.08. The summed E-state index contributed by atoms with van der Waals surface area (Å²) in [6.45, 7) is 2.52. The molecule has 0 atom stereocenters. The zero-order valence-corrected chi connectivity index (χ0v) is 12.3. The van der Waals surface area contributed by atoms with Gasteiger partial charge in [0.15, 0.2) is 0 Å². The number of methoxy groups -OCH3 is 1. The first-order valence-electron chi connectivity index (χ1n) is 6.86. The van der Waals surface area contributed by atoms with E-state index < -0.39 is 0 Å². The van der Waals surface area contributed by atoms with E-state index in [1.165, 1.54) is 0 Å². The number of benzene rings is 1. The average Bonchev–Trinajstić information content (AvgIpc) is 2.44. The van der Waals surface area contributed by atoms with Crippen molar-refractivity contribution in [2.24, 2.45) is 0 Å².